The largest absolute Gasteiger partial charge is 0.381 e. The second kappa shape index (κ2) is 41.1. The maximum Gasteiger partial charge on any atom is 0.171 e. The Labute approximate surface area is 825 Å². The molecule has 0 spiro atoms. The highest BCUT2D eigenvalue weighted by Gasteiger charge is 2.27. The number of hydrogen-bond donors (Lipinski definition) is 8. The van der Waals surface area contributed by atoms with Gasteiger partial charge in [0.05, 0.1) is 58.4 Å². The van der Waals surface area contributed by atoms with Crippen molar-refractivity contribution in [1.82, 2.24) is 129 Å². The van der Waals surface area contributed by atoms with Gasteiger partial charge in [-0.1, -0.05) is 113 Å². The van der Waals surface area contributed by atoms with Crippen LogP contribution in [0.2, 0.25) is 25.1 Å². The van der Waals surface area contributed by atoms with Crippen LogP contribution in [0.4, 0.5) is 52.4 Å². The van der Waals surface area contributed by atoms with Crippen LogP contribution in [0.15, 0.2) is 237 Å². The third-order valence-electron chi connectivity index (χ3n) is 21.7. The third kappa shape index (κ3) is 20.8. The summed E-state index contributed by atoms with van der Waals surface area (Å²) in [5.41, 5.74) is 56.0. The Hall–Kier alpha value is -16.3. The number of nitrogens with zero attached hydrogens (tertiary/aromatic N) is 27. The summed E-state index contributed by atoms with van der Waals surface area (Å²) in [6.07, 6.45) is 20.6. The number of benzene rings is 5. The van der Waals surface area contributed by atoms with Crippen LogP contribution in [0.25, 0.3) is 168 Å². The maximum atomic E-state index is 6.58. The van der Waals surface area contributed by atoms with Crippen LogP contribution < -0.4 is 49.9 Å². The highest BCUT2D eigenvalue weighted by atomic mass is 35.5. The summed E-state index contributed by atoms with van der Waals surface area (Å²) in [6.45, 7) is 4.75. The molecule has 14 N–H and O–H groups in total. The molecule has 0 aliphatic rings. The number of nitrogens with two attached hydrogens (primary N) is 6. The molecule has 0 saturated carbocycles. The molecule has 21 rings (SSSR count). The molecule has 35 nitrogen and oxygen atoms in total. The molecule has 21 aromatic rings. The summed E-state index contributed by atoms with van der Waals surface area (Å²) in [7, 11) is 14.8. The van der Waals surface area contributed by atoms with E-state index in [0.29, 0.717) is 169 Å². The Morgan fingerprint density at radius 2 is 0.633 bits per heavy atom. The quantitative estimate of drug-likeness (QED) is 0.0370. The second-order valence-corrected chi connectivity index (χ2v) is 34.8. The highest BCUT2D eigenvalue weighted by Crippen LogP contribution is 2.43. The van der Waals surface area contributed by atoms with E-state index in [1.165, 1.54) is 11.8 Å². The minimum atomic E-state index is 0.164. The fourth-order valence-corrected chi connectivity index (χ4v) is 17.3. The number of aromatic nitrogens is 26. The van der Waals surface area contributed by atoms with Crippen molar-refractivity contribution in [3.63, 3.8) is 0 Å². The number of hydrogen-bond acceptors (Lipinski definition) is 31. The Morgan fingerprint density at radius 1 is 0.331 bits per heavy atom. The molecular weight excluding hydrogens is 1880 g/mol. The average molecular weight is 1970 g/mol. The Morgan fingerprint density at radius 3 is 0.942 bits per heavy atom. The zero-order valence-corrected chi connectivity index (χ0v) is 81.0. The first-order valence-electron chi connectivity index (χ1n) is 43.1. The summed E-state index contributed by atoms with van der Waals surface area (Å²) in [6, 6.07) is 51.8. The molecule has 696 valence electrons. The van der Waals surface area contributed by atoms with E-state index in [0.717, 1.165) is 100 Å². The fourth-order valence-electron chi connectivity index (χ4n) is 15.1. The van der Waals surface area contributed by atoms with Crippen LogP contribution in [0.5, 0.6) is 0 Å². The van der Waals surface area contributed by atoms with Crippen molar-refractivity contribution >= 4 is 177 Å². The zero-order valence-electron chi connectivity index (χ0n) is 76.4. The standard InChI is InChI=1S/C25H22ClN7S.2C19H18ClN7.C18H16ClN7.C17H14ClN7/c1-3-18-7-6-15(13-29-18)14-34-25-24(27)30-23(20-8-10-33(2)32-20)22(31-25)17-11-16-5-4-9-28-21(16)19(26)12-17;1-26(2)19-18(21)23-17(14-6-8-27(3)25-14)16(24-19)12-9-11-5-4-7-22-15(11)13(20)10-12;1-3-22-19-18(21)24-17(14-6-8-27(2)26-14)16(25-19)12-9-11-5-4-7-23-15(11)13(20)10-12;1-21-18-17(20)23-16(13-5-7-26(2)25-13)15(24-18)11-8-10-4-3-6-22-14(10)12(19)9-11;1-25-6-4-12(24-25)15-14(22-16(19)17(20)23-15)10-7-9-3-2-5-21-13(9)11(18)8-10/h4-13H,3,14H2,1-2H3,(H2,27,30);4-10H,1-3H3,(H2,21,23);4-10H,3H2,1-2H3,(H2,21,24)(H,22,25);3-9H,1-2H3,(H2,20,23)(H,21,24);2-8H,1H3,(H2,19,22)(H2,20,23). The van der Waals surface area contributed by atoms with Crippen LogP contribution in [0.1, 0.15) is 25.1 Å². The minimum absolute atomic E-state index is 0.164. The molecule has 0 aliphatic heterocycles. The highest BCUT2D eigenvalue weighted by molar-refractivity contribution is 7.98. The Bertz CT molecular complexity index is 8180. The lowest BCUT2D eigenvalue weighted by molar-refractivity contribution is 0.769. The molecule has 0 bridgehead atoms. The molecule has 139 heavy (non-hydrogen) atoms. The fraction of sp³-hybridized carbons (Fsp3) is 0.133. The van der Waals surface area contributed by atoms with Crippen molar-refractivity contribution in [2.24, 2.45) is 35.2 Å². The van der Waals surface area contributed by atoms with E-state index in [2.05, 4.69) is 109 Å². The topological polar surface area (TPSA) is 479 Å². The second-order valence-electron chi connectivity index (χ2n) is 31.8. The van der Waals surface area contributed by atoms with Crippen LogP contribution in [0, 0.1) is 0 Å². The number of aryl methyl sites for hydroxylation is 6. The van der Waals surface area contributed by atoms with E-state index in [4.69, 9.17) is 112 Å². The first-order chi connectivity index (χ1) is 67.1. The van der Waals surface area contributed by atoms with Gasteiger partial charge in [0.25, 0.3) is 0 Å². The van der Waals surface area contributed by atoms with Crippen molar-refractivity contribution in [3.8, 4) is 113 Å². The normalized spacial score (nSPS) is 11.1. The van der Waals surface area contributed by atoms with Crippen molar-refractivity contribution in [3.05, 3.63) is 268 Å². The van der Waals surface area contributed by atoms with E-state index in [9.17, 15) is 0 Å². The Balaban J connectivity index is 0.000000121. The molecule has 16 aromatic heterocycles. The number of anilines is 9. The van der Waals surface area contributed by atoms with Gasteiger partial charge in [0.2, 0.25) is 0 Å². The molecule has 0 fully saturated rings. The van der Waals surface area contributed by atoms with Crippen molar-refractivity contribution in [1.29, 1.82) is 0 Å². The van der Waals surface area contributed by atoms with Crippen molar-refractivity contribution in [2.75, 3.05) is 77.6 Å². The zero-order chi connectivity index (χ0) is 97.6. The molecule has 0 amide bonds. The van der Waals surface area contributed by atoms with Crippen molar-refractivity contribution < 1.29 is 0 Å². The van der Waals surface area contributed by atoms with Gasteiger partial charge in [-0.15, -0.1) is 0 Å². The lowest BCUT2D eigenvalue weighted by Gasteiger charge is -2.17. The maximum absolute atomic E-state index is 6.58. The van der Waals surface area contributed by atoms with E-state index < -0.39 is 0 Å². The van der Waals surface area contributed by atoms with Crippen molar-refractivity contribution in [2.45, 2.75) is 31.0 Å². The van der Waals surface area contributed by atoms with E-state index in [-0.39, 0.29) is 11.6 Å². The van der Waals surface area contributed by atoms with Gasteiger partial charge in [0.15, 0.2) is 52.4 Å². The molecule has 16 heterocycles. The van der Waals surface area contributed by atoms with E-state index in [1.54, 1.807) is 67.5 Å². The summed E-state index contributed by atoms with van der Waals surface area (Å²) < 4.78 is 8.55. The first-order valence-corrected chi connectivity index (χ1v) is 46.0. The molecular formula is C98H88Cl5N35S. The van der Waals surface area contributed by atoms with Crippen LogP contribution in [0.3, 0.4) is 0 Å². The van der Waals surface area contributed by atoms with Gasteiger partial charge in [-0.05, 0) is 146 Å². The predicted molar refractivity (Wildman–Crippen MR) is 558 cm³/mol. The molecule has 5 aromatic carbocycles. The first kappa shape index (κ1) is 94.5. The summed E-state index contributed by atoms with van der Waals surface area (Å²) in [5, 5.41) is 36.4. The third-order valence-corrected chi connectivity index (χ3v) is 24.1. The Kier molecular flexibility index (Phi) is 28.0. The lowest BCUT2D eigenvalue weighted by Crippen LogP contribution is -2.15. The smallest absolute Gasteiger partial charge is 0.171 e. The predicted octanol–water partition coefficient (Wildman–Crippen LogP) is 19.0. The van der Waals surface area contributed by atoms with Gasteiger partial charge in [0, 0.05) is 197 Å². The van der Waals surface area contributed by atoms with Gasteiger partial charge in [-0.2, -0.15) is 25.5 Å². The van der Waals surface area contributed by atoms with Gasteiger partial charge < -0.3 is 49.9 Å². The number of nitrogen functional groups attached to an aromatic ring is 6. The van der Waals surface area contributed by atoms with Gasteiger partial charge in [-0.25, -0.2) is 49.8 Å². The molecule has 0 saturated heterocycles. The van der Waals surface area contributed by atoms with Gasteiger partial charge in [-0.3, -0.25) is 53.3 Å². The van der Waals surface area contributed by atoms with E-state index in [1.807, 2.05) is 250 Å². The van der Waals surface area contributed by atoms with Crippen LogP contribution >= 0.6 is 69.8 Å². The van der Waals surface area contributed by atoms with E-state index >= 15 is 0 Å². The SMILES string of the molecule is CCNc1nc(-c2cc(Cl)c3ncccc3c2)c(-c2ccn(C)n2)nc1N.CCc1ccc(CSc2nc(-c3cc(Cl)c4ncccc4c3)c(-c3ccn(C)n3)nc2N)cn1.CN(C)c1nc(-c2cc(Cl)c3ncccc3c2)c(-c2ccn(C)n2)nc1N.CNc1nc(-c2cc(Cl)c3ncccc3c2)c(-c2ccn(C)n2)nc1N.Cn1ccc(-c2nc(N)c(N)nc2-c2cc(Cl)c3ncccc3c2)n1. The molecule has 0 atom stereocenters. The average Bonchev–Trinajstić information content (AvgIpc) is 1.74. The number of halogens is 5. The number of pyridine rings is 6. The molecule has 41 heteroatoms. The van der Waals surface area contributed by atoms with Crippen LogP contribution in [-0.2, 0) is 47.4 Å². The number of fused-ring (bicyclic) bond motifs is 5. The van der Waals surface area contributed by atoms with Gasteiger partial charge in [0.1, 0.15) is 84.7 Å². The number of nitrogens with one attached hydrogen (secondary N) is 2. The molecule has 0 unspecified atom stereocenters. The van der Waals surface area contributed by atoms with Crippen LogP contribution in [-0.4, -0.2) is 156 Å². The summed E-state index contributed by atoms with van der Waals surface area (Å²) in [4.78, 5) is 74.5. The van der Waals surface area contributed by atoms with Gasteiger partial charge >= 0.3 is 0 Å². The molecule has 0 aliphatic carbocycles. The number of rotatable bonds is 18. The lowest BCUT2D eigenvalue weighted by atomic mass is 10.0. The number of thioether (sulfide) groups is 1. The summed E-state index contributed by atoms with van der Waals surface area (Å²) in [5.74, 6) is 3.99. The minimum Gasteiger partial charge on any atom is -0.381 e. The monoisotopic (exact) mass is 1960 g/mol. The summed E-state index contributed by atoms with van der Waals surface area (Å²) >= 11 is 33.9. The molecule has 0 radical (unpaired) electrons.